The van der Waals surface area contributed by atoms with Gasteiger partial charge < -0.3 is 0 Å². The van der Waals surface area contributed by atoms with Crippen molar-refractivity contribution >= 4 is 0 Å². The highest BCUT2D eigenvalue weighted by Gasteiger charge is 2.28. The molecule has 0 atom stereocenters. The van der Waals surface area contributed by atoms with Crippen LogP contribution in [0.5, 0.6) is 0 Å². The lowest BCUT2D eigenvalue weighted by Gasteiger charge is -2.26. The zero-order valence-electron chi connectivity index (χ0n) is 23.9. The molecule has 5 rings (SSSR count). The van der Waals surface area contributed by atoms with Gasteiger partial charge in [0.1, 0.15) is 0 Å². The Morgan fingerprint density at radius 2 is 0.946 bits per heavy atom. The molecule has 1 aliphatic rings. The molecule has 0 heteroatoms. The van der Waals surface area contributed by atoms with Crippen molar-refractivity contribution in [1.82, 2.24) is 0 Å². The van der Waals surface area contributed by atoms with Gasteiger partial charge in [0, 0.05) is 0 Å². The smallest absolute Gasteiger partial charge is 0.000706 e. The Balaban J connectivity index is 1.91. The molecule has 0 aliphatic heterocycles. The molecule has 0 N–H and O–H groups in total. The van der Waals surface area contributed by atoms with E-state index in [2.05, 4.69) is 128 Å². The minimum absolute atomic E-state index is 0.452. The van der Waals surface area contributed by atoms with E-state index in [1.54, 1.807) is 0 Å². The third kappa shape index (κ3) is 4.35. The van der Waals surface area contributed by atoms with Gasteiger partial charge in [-0.3, -0.25) is 0 Å². The van der Waals surface area contributed by atoms with Gasteiger partial charge in [0.2, 0.25) is 0 Å². The molecule has 0 heterocycles. The van der Waals surface area contributed by atoms with E-state index in [1.807, 2.05) is 0 Å². The van der Waals surface area contributed by atoms with Gasteiger partial charge in [0.05, 0.1) is 0 Å². The third-order valence-electron chi connectivity index (χ3n) is 8.23. The highest BCUT2D eigenvalue weighted by atomic mass is 14.3. The fraction of sp³-hybridized carbons (Fsp3) is 0.351. The lowest BCUT2D eigenvalue weighted by atomic mass is 9.78. The van der Waals surface area contributed by atoms with Crippen LogP contribution in [0.25, 0.3) is 33.4 Å². The summed E-state index contributed by atoms with van der Waals surface area (Å²) in [5, 5.41) is 0. The lowest BCUT2D eigenvalue weighted by Crippen LogP contribution is -2.06. The molecule has 1 aliphatic carbocycles. The third-order valence-corrected chi connectivity index (χ3v) is 8.23. The number of rotatable bonds is 6. The molecule has 0 aromatic heterocycles. The Morgan fingerprint density at radius 1 is 0.432 bits per heavy atom. The molecular formula is C37H42. The van der Waals surface area contributed by atoms with E-state index in [1.165, 1.54) is 66.8 Å². The first kappa shape index (κ1) is 25.5. The summed E-state index contributed by atoms with van der Waals surface area (Å²) in [6.07, 6.45) is 0.999. The van der Waals surface area contributed by atoms with Gasteiger partial charge in [-0.2, -0.15) is 0 Å². The van der Waals surface area contributed by atoms with E-state index in [9.17, 15) is 0 Å². The summed E-state index contributed by atoms with van der Waals surface area (Å²) in [4.78, 5) is 0. The molecule has 0 unspecified atom stereocenters. The average molecular weight is 487 g/mol. The molecule has 4 aromatic rings. The summed E-state index contributed by atoms with van der Waals surface area (Å²) in [5.41, 5.74) is 17.4. The van der Waals surface area contributed by atoms with Gasteiger partial charge in [0.25, 0.3) is 0 Å². The van der Waals surface area contributed by atoms with Crippen LogP contribution in [0.1, 0.15) is 112 Å². The van der Waals surface area contributed by atoms with Crippen LogP contribution in [0, 0.1) is 0 Å². The van der Waals surface area contributed by atoms with E-state index >= 15 is 0 Å². The molecule has 4 aromatic carbocycles. The summed E-state index contributed by atoms with van der Waals surface area (Å²) >= 11 is 0. The van der Waals surface area contributed by atoms with Gasteiger partial charge in [0.15, 0.2) is 0 Å². The van der Waals surface area contributed by atoms with E-state index < -0.39 is 0 Å². The highest BCUT2D eigenvalue weighted by Crippen LogP contribution is 2.50. The number of benzene rings is 4. The monoisotopic (exact) mass is 486 g/mol. The summed E-state index contributed by atoms with van der Waals surface area (Å²) in [7, 11) is 0. The van der Waals surface area contributed by atoms with Gasteiger partial charge in [-0.1, -0.05) is 128 Å². The molecular weight excluding hydrogens is 444 g/mol. The van der Waals surface area contributed by atoms with Gasteiger partial charge in [-0.05, 0) is 96.9 Å². The fourth-order valence-electron chi connectivity index (χ4n) is 6.66. The topological polar surface area (TPSA) is 0 Å². The summed E-state index contributed by atoms with van der Waals surface area (Å²) in [6, 6.07) is 27.8. The largest absolute Gasteiger partial charge is 0.0619 e. The molecule has 0 spiro atoms. The molecule has 190 valence electrons. The SMILES string of the molecule is CC(C)c1cccc(-c2ccc3c(c2-c2cccc(C(C)C)c2C(C)C)Cc2ccccc2-3)c1C(C)C. The minimum Gasteiger partial charge on any atom is -0.0619 e. The predicted octanol–water partition coefficient (Wildman–Crippen LogP) is 11.1. The molecule has 0 saturated heterocycles. The van der Waals surface area contributed by atoms with Crippen LogP contribution in [0.3, 0.4) is 0 Å². The number of fused-ring (bicyclic) bond motifs is 3. The van der Waals surface area contributed by atoms with Crippen LogP contribution in [0.4, 0.5) is 0 Å². The molecule has 0 amide bonds. The second-order valence-electron chi connectivity index (χ2n) is 12.1. The van der Waals surface area contributed by atoms with Crippen LogP contribution in [-0.4, -0.2) is 0 Å². The van der Waals surface area contributed by atoms with E-state index in [4.69, 9.17) is 0 Å². The van der Waals surface area contributed by atoms with Gasteiger partial charge >= 0.3 is 0 Å². The summed E-state index contributed by atoms with van der Waals surface area (Å²) < 4.78 is 0. The fourth-order valence-corrected chi connectivity index (χ4v) is 6.66. The number of hydrogen-bond acceptors (Lipinski definition) is 0. The van der Waals surface area contributed by atoms with Crippen LogP contribution < -0.4 is 0 Å². The van der Waals surface area contributed by atoms with Crippen molar-refractivity contribution in [3.8, 4) is 33.4 Å². The zero-order chi connectivity index (χ0) is 26.4. The van der Waals surface area contributed by atoms with Crippen molar-refractivity contribution in [2.45, 2.75) is 85.5 Å². The normalized spacial score (nSPS) is 12.6. The molecule has 0 nitrogen and oxygen atoms in total. The van der Waals surface area contributed by atoms with Crippen LogP contribution in [0.2, 0.25) is 0 Å². The van der Waals surface area contributed by atoms with Crippen LogP contribution >= 0.6 is 0 Å². The van der Waals surface area contributed by atoms with Gasteiger partial charge in [-0.15, -0.1) is 0 Å². The van der Waals surface area contributed by atoms with Crippen LogP contribution in [-0.2, 0) is 6.42 Å². The predicted molar refractivity (Wildman–Crippen MR) is 162 cm³/mol. The highest BCUT2D eigenvalue weighted by molar-refractivity contribution is 5.95. The minimum atomic E-state index is 0.452. The van der Waals surface area contributed by atoms with E-state index in [0.29, 0.717) is 23.7 Å². The van der Waals surface area contributed by atoms with Crippen molar-refractivity contribution in [1.29, 1.82) is 0 Å². The maximum atomic E-state index is 2.42. The van der Waals surface area contributed by atoms with Crippen molar-refractivity contribution < 1.29 is 0 Å². The Bertz CT molecular complexity index is 1450. The molecule has 37 heavy (non-hydrogen) atoms. The first-order valence-corrected chi connectivity index (χ1v) is 14.2. The molecule has 0 saturated carbocycles. The maximum absolute atomic E-state index is 2.42. The first-order valence-electron chi connectivity index (χ1n) is 14.2. The second kappa shape index (κ2) is 9.97. The van der Waals surface area contributed by atoms with E-state index in [0.717, 1.165) is 6.42 Å². The van der Waals surface area contributed by atoms with E-state index in [-0.39, 0.29) is 0 Å². The van der Waals surface area contributed by atoms with Crippen molar-refractivity contribution in [2.75, 3.05) is 0 Å². The quantitative estimate of drug-likeness (QED) is 0.224. The first-order chi connectivity index (χ1) is 17.7. The Morgan fingerprint density at radius 3 is 1.54 bits per heavy atom. The Kier molecular flexibility index (Phi) is 6.88. The second-order valence-corrected chi connectivity index (χ2v) is 12.1. The molecule has 0 bridgehead atoms. The maximum Gasteiger partial charge on any atom is -0.000706 e. The van der Waals surface area contributed by atoms with Gasteiger partial charge in [-0.25, -0.2) is 0 Å². The molecule has 0 fully saturated rings. The van der Waals surface area contributed by atoms with Crippen LogP contribution in [0.15, 0.2) is 72.8 Å². The standard InChI is InChI=1S/C37H42/c1-22(2)27-15-11-17-31(35(27)24(5)6)32-20-19-30-29-14-10-9-13-26(29)21-34(30)37(32)33-18-12-16-28(23(3)4)36(33)25(7)8/h9-20,22-25H,21H2,1-8H3. The van der Waals surface area contributed by atoms with Crippen molar-refractivity contribution in [3.05, 3.63) is 106 Å². The van der Waals surface area contributed by atoms with Crippen molar-refractivity contribution in [2.24, 2.45) is 0 Å². The number of hydrogen-bond donors (Lipinski definition) is 0. The average Bonchev–Trinajstić information content (AvgIpc) is 3.25. The summed E-state index contributed by atoms with van der Waals surface area (Å²) in [5.74, 6) is 1.89. The lowest BCUT2D eigenvalue weighted by molar-refractivity contribution is 0.791. The Hall–Kier alpha value is -3.12. The Labute approximate surface area is 224 Å². The molecule has 0 radical (unpaired) electrons. The summed E-state index contributed by atoms with van der Waals surface area (Å²) in [6.45, 7) is 18.8. The van der Waals surface area contributed by atoms with Crippen molar-refractivity contribution in [3.63, 3.8) is 0 Å². The zero-order valence-corrected chi connectivity index (χ0v) is 23.9.